The zero-order chi connectivity index (χ0) is 22.3. The number of hydrogen-bond donors (Lipinski definition) is 1. The van der Waals surface area contributed by atoms with Crippen LogP contribution in [0.3, 0.4) is 0 Å². The summed E-state index contributed by atoms with van der Waals surface area (Å²) in [4.78, 5) is 57.2. The van der Waals surface area contributed by atoms with Crippen molar-refractivity contribution >= 4 is 29.8 Å². The zero-order valence-corrected chi connectivity index (χ0v) is 16.6. The molecule has 12 nitrogen and oxygen atoms in total. The highest BCUT2D eigenvalue weighted by Crippen LogP contribution is 2.30. The van der Waals surface area contributed by atoms with Crippen LogP contribution < -0.4 is 0 Å². The summed E-state index contributed by atoms with van der Waals surface area (Å²) in [5.74, 6) is -3.97. The number of aliphatic hydroxyl groups is 1. The van der Waals surface area contributed by atoms with Crippen LogP contribution in [-0.2, 0) is 52.4 Å². The summed E-state index contributed by atoms with van der Waals surface area (Å²) < 4.78 is 30.5. The Morgan fingerprint density at radius 2 is 1.24 bits per heavy atom. The highest BCUT2D eigenvalue weighted by molar-refractivity contribution is 5.69. The van der Waals surface area contributed by atoms with Crippen molar-refractivity contribution in [3.8, 4) is 0 Å². The number of ether oxygens (including phenoxy) is 6. The summed E-state index contributed by atoms with van der Waals surface area (Å²) in [5.41, 5.74) is 0. The molecule has 1 aliphatic heterocycles. The molecule has 0 radical (unpaired) electrons. The number of esters is 5. The molecule has 0 aliphatic carbocycles. The minimum absolute atomic E-state index is 0.505. The van der Waals surface area contributed by atoms with Gasteiger partial charge in [0.05, 0.1) is 0 Å². The van der Waals surface area contributed by atoms with E-state index in [9.17, 15) is 29.1 Å². The highest BCUT2D eigenvalue weighted by atomic mass is 16.7. The largest absolute Gasteiger partial charge is 0.462 e. The van der Waals surface area contributed by atoms with Gasteiger partial charge < -0.3 is 33.5 Å². The minimum Gasteiger partial charge on any atom is -0.462 e. The SMILES string of the molecule is CC(=O)OC[C@H](OC(C)=O)[C@@H]1O[C@@H](O)[C@@H](OC(C)=O)[C@@H](OC(C)=O)[C@H]1OC(C)=O. The molecule has 0 spiro atoms. The molecule has 0 aromatic rings. The number of carbonyl (C=O) groups is 5. The topological polar surface area (TPSA) is 161 Å². The van der Waals surface area contributed by atoms with Crippen LogP contribution in [0.1, 0.15) is 34.6 Å². The van der Waals surface area contributed by atoms with Crippen molar-refractivity contribution in [3.63, 3.8) is 0 Å². The molecule has 0 amide bonds. The van der Waals surface area contributed by atoms with E-state index < -0.39 is 73.3 Å². The van der Waals surface area contributed by atoms with Crippen molar-refractivity contribution in [2.45, 2.75) is 71.4 Å². The lowest BCUT2D eigenvalue weighted by atomic mass is 9.94. The van der Waals surface area contributed by atoms with Gasteiger partial charge in [-0.3, -0.25) is 24.0 Å². The standard InChI is InChI=1S/C17H24O12/c1-7(18)24-6-12(25-8(2)19)13-14(26-9(3)20)15(27-10(4)21)16(17(23)29-13)28-11(5)22/h12-17,23H,6H2,1-5H3/t12-,13-,14-,15-,16-,17+/m0/s1. The lowest BCUT2D eigenvalue weighted by Crippen LogP contribution is -2.64. The van der Waals surface area contributed by atoms with Gasteiger partial charge in [0, 0.05) is 34.6 Å². The molecule has 0 saturated carbocycles. The molecule has 0 unspecified atom stereocenters. The first-order chi connectivity index (χ1) is 13.4. The minimum atomic E-state index is -1.84. The summed E-state index contributed by atoms with van der Waals surface area (Å²) in [6.07, 6.45) is -9.10. The molecule has 1 heterocycles. The molecule has 1 fully saturated rings. The summed E-state index contributed by atoms with van der Waals surface area (Å²) in [6.45, 7) is 4.84. The number of rotatable bonds is 7. The fraction of sp³-hybridized carbons (Fsp3) is 0.706. The first-order valence-electron chi connectivity index (χ1n) is 8.58. The van der Waals surface area contributed by atoms with E-state index in [1.807, 2.05) is 0 Å². The summed E-state index contributed by atoms with van der Waals surface area (Å²) in [6, 6.07) is 0. The van der Waals surface area contributed by atoms with Crippen molar-refractivity contribution in [3.05, 3.63) is 0 Å². The molecule has 0 aromatic heterocycles. The monoisotopic (exact) mass is 420 g/mol. The molecule has 12 heteroatoms. The van der Waals surface area contributed by atoms with E-state index >= 15 is 0 Å². The predicted octanol–water partition coefficient (Wildman–Crippen LogP) is -1.01. The molecule has 1 saturated heterocycles. The van der Waals surface area contributed by atoms with Crippen LogP contribution in [-0.4, -0.2) is 78.4 Å². The second-order valence-corrected chi connectivity index (χ2v) is 6.16. The molecular weight excluding hydrogens is 396 g/mol. The van der Waals surface area contributed by atoms with Crippen LogP contribution >= 0.6 is 0 Å². The van der Waals surface area contributed by atoms with Crippen LogP contribution in [0.4, 0.5) is 0 Å². The molecular formula is C17H24O12. The van der Waals surface area contributed by atoms with Gasteiger partial charge in [0.1, 0.15) is 12.7 Å². The molecule has 6 atom stereocenters. The molecule has 0 aromatic carbocycles. The van der Waals surface area contributed by atoms with Crippen molar-refractivity contribution in [1.29, 1.82) is 0 Å². The van der Waals surface area contributed by atoms with Crippen molar-refractivity contribution in [1.82, 2.24) is 0 Å². The second kappa shape index (κ2) is 10.7. The van der Waals surface area contributed by atoms with E-state index in [-0.39, 0.29) is 0 Å². The first kappa shape index (κ1) is 24.3. The van der Waals surface area contributed by atoms with Gasteiger partial charge in [-0.1, -0.05) is 0 Å². The number of hydrogen-bond acceptors (Lipinski definition) is 12. The Morgan fingerprint density at radius 1 is 0.759 bits per heavy atom. The zero-order valence-electron chi connectivity index (χ0n) is 16.6. The molecule has 1 aliphatic rings. The van der Waals surface area contributed by atoms with E-state index in [4.69, 9.17) is 28.4 Å². The van der Waals surface area contributed by atoms with Crippen LogP contribution in [0.2, 0.25) is 0 Å². The Labute approximate surface area is 166 Å². The Bertz CT molecular complexity index is 644. The summed E-state index contributed by atoms with van der Waals surface area (Å²) >= 11 is 0. The van der Waals surface area contributed by atoms with Crippen LogP contribution in [0.25, 0.3) is 0 Å². The average molecular weight is 420 g/mol. The van der Waals surface area contributed by atoms with Gasteiger partial charge >= 0.3 is 29.8 Å². The Morgan fingerprint density at radius 3 is 1.69 bits per heavy atom. The van der Waals surface area contributed by atoms with Gasteiger partial charge in [-0.15, -0.1) is 0 Å². The van der Waals surface area contributed by atoms with Gasteiger partial charge in [-0.2, -0.15) is 0 Å². The van der Waals surface area contributed by atoms with Crippen LogP contribution in [0, 0.1) is 0 Å². The molecule has 164 valence electrons. The maximum Gasteiger partial charge on any atom is 0.303 e. The van der Waals surface area contributed by atoms with Gasteiger partial charge in [0.25, 0.3) is 0 Å². The molecule has 29 heavy (non-hydrogen) atoms. The van der Waals surface area contributed by atoms with Crippen LogP contribution in [0.5, 0.6) is 0 Å². The third-order valence-corrected chi connectivity index (χ3v) is 3.59. The van der Waals surface area contributed by atoms with Crippen molar-refractivity contribution in [2.24, 2.45) is 0 Å². The highest BCUT2D eigenvalue weighted by Gasteiger charge is 2.54. The summed E-state index contributed by atoms with van der Waals surface area (Å²) in [7, 11) is 0. The maximum absolute atomic E-state index is 11.6. The Kier molecular flexibility index (Phi) is 8.98. The fourth-order valence-corrected chi connectivity index (χ4v) is 2.73. The quantitative estimate of drug-likeness (QED) is 0.395. The van der Waals surface area contributed by atoms with Crippen LogP contribution in [0.15, 0.2) is 0 Å². The van der Waals surface area contributed by atoms with Gasteiger partial charge in [-0.05, 0) is 0 Å². The average Bonchev–Trinajstić information content (AvgIpc) is 2.55. The van der Waals surface area contributed by atoms with Gasteiger partial charge in [0.15, 0.2) is 30.7 Å². The third kappa shape index (κ3) is 7.66. The lowest BCUT2D eigenvalue weighted by molar-refractivity contribution is -0.306. The number of aliphatic hydroxyl groups excluding tert-OH is 1. The van der Waals surface area contributed by atoms with E-state index in [2.05, 4.69) is 0 Å². The molecule has 0 bridgehead atoms. The third-order valence-electron chi connectivity index (χ3n) is 3.59. The smallest absolute Gasteiger partial charge is 0.303 e. The lowest BCUT2D eigenvalue weighted by Gasteiger charge is -2.44. The fourth-order valence-electron chi connectivity index (χ4n) is 2.73. The Hall–Kier alpha value is -2.73. The van der Waals surface area contributed by atoms with Crippen molar-refractivity contribution in [2.75, 3.05) is 6.61 Å². The van der Waals surface area contributed by atoms with Crippen molar-refractivity contribution < 1.29 is 57.5 Å². The van der Waals surface area contributed by atoms with E-state index in [0.717, 1.165) is 34.6 Å². The molecule has 1 N–H and O–H groups in total. The van der Waals surface area contributed by atoms with Gasteiger partial charge in [-0.25, -0.2) is 0 Å². The van der Waals surface area contributed by atoms with E-state index in [0.29, 0.717) is 0 Å². The molecule has 1 rings (SSSR count). The van der Waals surface area contributed by atoms with Gasteiger partial charge in [0.2, 0.25) is 0 Å². The first-order valence-corrected chi connectivity index (χ1v) is 8.58. The normalized spacial score (nSPS) is 27.2. The second-order valence-electron chi connectivity index (χ2n) is 6.16. The Balaban J connectivity index is 3.34. The van der Waals surface area contributed by atoms with E-state index in [1.54, 1.807) is 0 Å². The number of carbonyl (C=O) groups excluding carboxylic acids is 5. The maximum atomic E-state index is 11.6. The predicted molar refractivity (Wildman–Crippen MR) is 89.7 cm³/mol. The summed E-state index contributed by atoms with van der Waals surface area (Å²) in [5, 5.41) is 10.3. The van der Waals surface area contributed by atoms with E-state index in [1.165, 1.54) is 0 Å².